The smallest absolute Gasteiger partial charge is 0.208 e. The van der Waals surface area contributed by atoms with Crippen LogP contribution in [-0.2, 0) is 0 Å². The highest BCUT2D eigenvalue weighted by Gasteiger charge is 2.43. The molecule has 0 aromatic carbocycles. The zero-order valence-electron chi connectivity index (χ0n) is 7.25. The minimum absolute atomic E-state index is 0.0503. The van der Waals surface area contributed by atoms with Crippen LogP contribution in [0.25, 0.3) is 0 Å². The molecule has 13 heavy (non-hydrogen) atoms. The summed E-state index contributed by atoms with van der Waals surface area (Å²) in [5, 5.41) is 10.1. The summed E-state index contributed by atoms with van der Waals surface area (Å²) in [4.78, 5) is 35.1. The number of aliphatic hydroxyl groups is 1. The predicted molar refractivity (Wildman–Crippen MR) is 50.8 cm³/mol. The highest BCUT2D eigenvalue weighted by molar-refractivity contribution is 7.65. The van der Waals surface area contributed by atoms with E-state index in [1.165, 1.54) is 0 Å². The topological polar surface area (TPSA) is 113 Å². The van der Waals surface area contributed by atoms with Crippen molar-refractivity contribution < 1.29 is 24.7 Å². The lowest BCUT2D eigenvalue weighted by Gasteiger charge is -2.29. The van der Waals surface area contributed by atoms with Gasteiger partial charge >= 0.3 is 0 Å². The molecule has 0 fully saturated rings. The Bertz CT molecular complexity index is 137. The van der Waals surface area contributed by atoms with Crippen molar-refractivity contribution >= 4 is 16.8 Å². The van der Waals surface area contributed by atoms with Crippen molar-refractivity contribution in [1.29, 1.82) is 0 Å². The quantitative estimate of drug-likeness (QED) is 0.264. The minimum atomic E-state index is -2.75. The van der Waals surface area contributed by atoms with Crippen LogP contribution in [-0.4, -0.2) is 43.4 Å². The molecule has 0 heterocycles. The molecule has 8 heteroatoms. The zero-order valence-corrected chi connectivity index (χ0v) is 9.04. The van der Waals surface area contributed by atoms with E-state index in [1.54, 1.807) is 7.05 Å². The highest BCUT2D eigenvalue weighted by atomic mass is 31.2. The van der Waals surface area contributed by atoms with Crippen LogP contribution in [0, 0.1) is 0 Å². The molecule has 0 rings (SSSR count). The summed E-state index contributed by atoms with van der Waals surface area (Å²) in [6, 6.07) is 0. The molecule has 0 saturated heterocycles. The molecule has 0 aliphatic carbocycles. The maximum Gasteiger partial charge on any atom is 0.208 e. The summed E-state index contributed by atoms with van der Waals surface area (Å²) >= 11 is 0. The third-order valence-electron chi connectivity index (χ3n) is 1.58. The fourth-order valence-electron chi connectivity index (χ4n) is 0.782. The van der Waals surface area contributed by atoms with Gasteiger partial charge in [0.15, 0.2) is 0 Å². The molecule has 0 amide bonds. The molecule has 0 bridgehead atoms. The van der Waals surface area contributed by atoms with Crippen LogP contribution < -0.4 is 5.32 Å². The largest absolute Gasteiger partial charge is 0.372 e. The average molecular weight is 231 g/mol. The Hall–Kier alpha value is 0.620. The van der Waals surface area contributed by atoms with Gasteiger partial charge in [0.05, 0.1) is 0 Å². The maximum atomic E-state index is 9.42. The first-order valence-electron chi connectivity index (χ1n) is 3.68. The molecule has 6 N–H and O–H groups in total. The van der Waals surface area contributed by atoms with Gasteiger partial charge in [0, 0.05) is 0 Å². The summed E-state index contributed by atoms with van der Waals surface area (Å²) < 4.78 is 0. The molecular formula is C5H15NO5P2. The fourth-order valence-corrected chi connectivity index (χ4v) is 2.14. The number of hydrogen-bond acceptors (Lipinski definition) is 6. The molecule has 80 valence electrons. The number of rotatable bonds is 6. The summed E-state index contributed by atoms with van der Waals surface area (Å²) in [5.41, 5.74) is 0. The van der Waals surface area contributed by atoms with Crippen LogP contribution in [0.4, 0.5) is 0 Å². The van der Waals surface area contributed by atoms with E-state index in [0.717, 1.165) is 0 Å². The Morgan fingerprint density at radius 2 is 1.62 bits per heavy atom. The van der Waals surface area contributed by atoms with Gasteiger partial charge in [-0.25, -0.2) is 0 Å². The van der Waals surface area contributed by atoms with E-state index in [0.29, 0.717) is 13.0 Å². The van der Waals surface area contributed by atoms with E-state index >= 15 is 0 Å². The summed E-state index contributed by atoms with van der Waals surface area (Å²) in [7, 11) is -3.78. The lowest BCUT2D eigenvalue weighted by molar-refractivity contribution is 0.155. The molecule has 0 spiro atoms. The first-order valence-corrected chi connectivity index (χ1v) is 6.17. The third kappa shape index (κ3) is 4.11. The molecule has 0 saturated carbocycles. The van der Waals surface area contributed by atoms with Crippen LogP contribution in [0.15, 0.2) is 0 Å². The van der Waals surface area contributed by atoms with E-state index in [2.05, 4.69) is 5.32 Å². The van der Waals surface area contributed by atoms with Crippen molar-refractivity contribution in [1.82, 2.24) is 5.32 Å². The molecule has 0 aromatic rings. The van der Waals surface area contributed by atoms with E-state index < -0.39 is 21.8 Å². The van der Waals surface area contributed by atoms with Crippen molar-refractivity contribution in [2.75, 3.05) is 13.6 Å². The summed E-state index contributed by atoms with van der Waals surface area (Å²) in [6.45, 7) is 0.564. The monoisotopic (exact) mass is 231 g/mol. The molecule has 0 aliphatic heterocycles. The Morgan fingerprint density at radius 3 is 1.92 bits per heavy atom. The fraction of sp³-hybridized carbons (Fsp3) is 1.00. The molecule has 0 radical (unpaired) electrons. The van der Waals surface area contributed by atoms with Crippen LogP contribution in [0.1, 0.15) is 12.8 Å². The van der Waals surface area contributed by atoms with Gasteiger partial charge in [0.1, 0.15) is 0 Å². The van der Waals surface area contributed by atoms with Gasteiger partial charge < -0.3 is 30.0 Å². The minimum Gasteiger partial charge on any atom is -0.372 e. The molecule has 0 unspecified atom stereocenters. The first kappa shape index (κ1) is 13.6. The van der Waals surface area contributed by atoms with Crippen LogP contribution in [0.5, 0.6) is 0 Å². The molecule has 6 nitrogen and oxygen atoms in total. The van der Waals surface area contributed by atoms with Gasteiger partial charge in [-0.05, 0) is 26.4 Å². The van der Waals surface area contributed by atoms with Crippen molar-refractivity contribution in [2.45, 2.75) is 17.9 Å². The Balaban J connectivity index is 4.09. The Labute approximate surface area is 79.1 Å². The van der Waals surface area contributed by atoms with E-state index in [1.807, 2.05) is 0 Å². The molecule has 0 atom stereocenters. The summed E-state index contributed by atoms with van der Waals surface area (Å²) in [5.74, 6) is 0. The Morgan fingerprint density at radius 1 is 1.15 bits per heavy atom. The molecular weight excluding hydrogens is 216 g/mol. The standard InChI is InChI=1S/C5H15NO5P2/c1-6-4-2-3-5(7,12(8)9)13(10)11/h6-11H,2-4H2,1H3. The highest BCUT2D eigenvalue weighted by Crippen LogP contribution is 2.59. The zero-order chi connectivity index (χ0) is 10.5. The van der Waals surface area contributed by atoms with Crippen molar-refractivity contribution in [3.63, 3.8) is 0 Å². The Kier molecular flexibility index (Phi) is 6.46. The average Bonchev–Trinajstić information content (AvgIpc) is 2.03. The van der Waals surface area contributed by atoms with Crippen molar-refractivity contribution in [3.05, 3.63) is 0 Å². The van der Waals surface area contributed by atoms with Crippen molar-refractivity contribution in [3.8, 4) is 0 Å². The van der Waals surface area contributed by atoms with E-state index in [4.69, 9.17) is 19.6 Å². The second kappa shape index (κ2) is 6.17. The van der Waals surface area contributed by atoms with Gasteiger partial charge in [-0.1, -0.05) is 0 Å². The van der Waals surface area contributed by atoms with Crippen LogP contribution in [0.2, 0.25) is 0 Å². The third-order valence-corrected chi connectivity index (χ3v) is 4.38. The van der Waals surface area contributed by atoms with E-state index in [-0.39, 0.29) is 6.42 Å². The lowest BCUT2D eigenvalue weighted by Crippen LogP contribution is -2.25. The van der Waals surface area contributed by atoms with Crippen LogP contribution in [0.3, 0.4) is 0 Å². The normalized spacial score (nSPS) is 12.9. The van der Waals surface area contributed by atoms with Gasteiger partial charge in [-0.3, -0.25) is 0 Å². The lowest BCUT2D eigenvalue weighted by atomic mass is 10.3. The van der Waals surface area contributed by atoms with Crippen LogP contribution >= 0.6 is 16.8 Å². The number of nitrogens with one attached hydrogen (secondary N) is 1. The predicted octanol–water partition coefficient (Wildman–Crippen LogP) is -0.775. The second-order valence-electron chi connectivity index (χ2n) is 2.56. The van der Waals surface area contributed by atoms with Gasteiger partial charge in [-0.15, -0.1) is 0 Å². The van der Waals surface area contributed by atoms with Gasteiger partial charge in [0.2, 0.25) is 21.8 Å². The van der Waals surface area contributed by atoms with Gasteiger partial charge in [0.25, 0.3) is 0 Å². The SMILES string of the molecule is CNCCCC(O)(P(O)O)P(O)O. The first-order chi connectivity index (χ1) is 5.95. The van der Waals surface area contributed by atoms with Crippen molar-refractivity contribution in [2.24, 2.45) is 0 Å². The maximum absolute atomic E-state index is 9.42. The summed E-state index contributed by atoms with van der Waals surface area (Å²) in [6.07, 6.45) is 0.387. The second-order valence-corrected chi connectivity index (χ2v) is 5.55. The van der Waals surface area contributed by atoms with E-state index in [9.17, 15) is 5.11 Å². The van der Waals surface area contributed by atoms with Gasteiger partial charge in [-0.2, -0.15) is 0 Å². The molecule has 0 aliphatic rings. The number of hydrogen-bond donors (Lipinski definition) is 6. The molecule has 0 aromatic heterocycles.